The van der Waals surface area contributed by atoms with Crippen LogP contribution in [0.1, 0.15) is 23.4 Å². The van der Waals surface area contributed by atoms with E-state index in [1.165, 1.54) is 11.3 Å². The molecule has 2 fully saturated rings. The number of carbonyl (C=O) groups excluding carboxylic acids is 1. The molecule has 0 N–H and O–H groups in total. The third kappa shape index (κ3) is 2.86. The van der Waals surface area contributed by atoms with Gasteiger partial charge in [-0.05, 0) is 38.3 Å². The van der Waals surface area contributed by atoms with Gasteiger partial charge in [-0.15, -0.1) is 0 Å². The Labute approximate surface area is 149 Å². The van der Waals surface area contributed by atoms with Crippen molar-refractivity contribution in [3.63, 3.8) is 0 Å². The van der Waals surface area contributed by atoms with Crippen LogP contribution in [0.15, 0.2) is 30.3 Å². The number of piperidine rings is 1. The smallest absolute Gasteiger partial charge is 0.227 e. The first-order valence-electron chi connectivity index (χ1n) is 9.12. The van der Waals surface area contributed by atoms with Gasteiger partial charge in [-0.2, -0.15) is 5.10 Å². The number of aryl methyl sites for hydroxylation is 1. The van der Waals surface area contributed by atoms with Crippen molar-refractivity contribution in [2.75, 3.05) is 26.7 Å². The summed E-state index contributed by atoms with van der Waals surface area (Å²) in [5, 5.41) is 4.76. The van der Waals surface area contributed by atoms with Crippen molar-refractivity contribution in [2.45, 2.75) is 26.8 Å². The van der Waals surface area contributed by atoms with Crippen LogP contribution in [0.3, 0.4) is 0 Å². The molecule has 0 radical (unpaired) electrons. The maximum Gasteiger partial charge on any atom is 0.227 e. The van der Waals surface area contributed by atoms with E-state index >= 15 is 0 Å². The van der Waals surface area contributed by atoms with E-state index in [1.54, 1.807) is 0 Å². The number of fused-ring (bicyclic) bond motifs is 1. The first kappa shape index (κ1) is 16.3. The third-order valence-electron chi connectivity index (χ3n) is 5.87. The second-order valence-electron chi connectivity index (χ2n) is 7.51. The van der Waals surface area contributed by atoms with Crippen LogP contribution in [0.4, 0.5) is 0 Å². The van der Waals surface area contributed by atoms with Crippen molar-refractivity contribution in [3.05, 3.63) is 47.3 Å². The minimum atomic E-state index is 0.184. The van der Waals surface area contributed by atoms with E-state index in [4.69, 9.17) is 5.10 Å². The number of carbonyl (C=O) groups is 1. The predicted octanol–water partition coefficient (Wildman–Crippen LogP) is 2.40. The Morgan fingerprint density at radius 3 is 2.68 bits per heavy atom. The number of hydrogen-bond acceptors (Lipinski definition) is 3. The van der Waals surface area contributed by atoms with Gasteiger partial charge >= 0.3 is 0 Å². The maximum absolute atomic E-state index is 12.4. The van der Waals surface area contributed by atoms with Crippen LogP contribution in [-0.2, 0) is 11.3 Å². The Bertz CT molecular complexity index is 782. The fourth-order valence-corrected chi connectivity index (χ4v) is 4.36. The van der Waals surface area contributed by atoms with Crippen LogP contribution < -0.4 is 0 Å². The molecular formula is C20H26N4O. The number of para-hydroxylation sites is 1. The molecule has 2 aromatic rings. The number of rotatable bonds is 3. The zero-order valence-corrected chi connectivity index (χ0v) is 15.3. The summed E-state index contributed by atoms with van der Waals surface area (Å²) in [6.07, 6.45) is 1.13. The van der Waals surface area contributed by atoms with Gasteiger partial charge in [0.2, 0.25) is 5.91 Å². The molecule has 25 heavy (non-hydrogen) atoms. The van der Waals surface area contributed by atoms with E-state index in [-0.39, 0.29) is 5.92 Å². The topological polar surface area (TPSA) is 41.4 Å². The molecule has 0 saturated carbocycles. The van der Waals surface area contributed by atoms with E-state index in [0.29, 0.717) is 11.8 Å². The van der Waals surface area contributed by atoms with E-state index in [1.807, 2.05) is 34.8 Å². The fraction of sp³-hybridized carbons (Fsp3) is 0.500. The summed E-state index contributed by atoms with van der Waals surface area (Å²) in [6.45, 7) is 7.92. The molecule has 1 aromatic carbocycles. The average Bonchev–Trinajstić information content (AvgIpc) is 3.15. The summed E-state index contributed by atoms with van der Waals surface area (Å²) in [4.78, 5) is 16.8. The predicted molar refractivity (Wildman–Crippen MR) is 97.5 cm³/mol. The van der Waals surface area contributed by atoms with Crippen molar-refractivity contribution >= 4 is 5.91 Å². The van der Waals surface area contributed by atoms with Crippen molar-refractivity contribution in [1.29, 1.82) is 0 Å². The summed E-state index contributed by atoms with van der Waals surface area (Å²) >= 11 is 0. The molecule has 0 aliphatic carbocycles. The van der Waals surface area contributed by atoms with Crippen molar-refractivity contribution in [2.24, 2.45) is 11.8 Å². The largest absolute Gasteiger partial charge is 0.345 e. The molecule has 2 aliphatic heterocycles. The molecule has 2 atom stereocenters. The first-order chi connectivity index (χ1) is 12.0. The van der Waals surface area contributed by atoms with Gasteiger partial charge in [0.15, 0.2) is 0 Å². The van der Waals surface area contributed by atoms with Crippen molar-refractivity contribution in [1.82, 2.24) is 19.6 Å². The summed E-state index contributed by atoms with van der Waals surface area (Å²) in [7, 11) is 1.93. The molecule has 0 unspecified atom stereocenters. The number of aromatic nitrogens is 2. The monoisotopic (exact) mass is 338 g/mol. The summed E-state index contributed by atoms with van der Waals surface area (Å²) < 4.78 is 2.03. The van der Waals surface area contributed by atoms with E-state index in [2.05, 4.69) is 30.9 Å². The summed E-state index contributed by atoms with van der Waals surface area (Å²) in [6, 6.07) is 10.3. The molecule has 1 aromatic heterocycles. The normalized spacial score (nSPS) is 24.0. The van der Waals surface area contributed by atoms with Crippen LogP contribution in [0.5, 0.6) is 0 Å². The molecule has 2 saturated heterocycles. The highest BCUT2D eigenvalue weighted by Gasteiger charge is 2.41. The van der Waals surface area contributed by atoms with Crippen LogP contribution in [0.2, 0.25) is 0 Å². The van der Waals surface area contributed by atoms with Crippen LogP contribution in [0.25, 0.3) is 5.69 Å². The minimum absolute atomic E-state index is 0.184. The van der Waals surface area contributed by atoms with Gasteiger partial charge in [0.25, 0.3) is 0 Å². The number of nitrogens with zero attached hydrogens (tertiary/aromatic N) is 4. The zero-order valence-electron chi connectivity index (χ0n) is 15.3. The molecule has 132 valence electrons. The Morgan fingerprint density at radius 1 is 1.16 bits per heavy atom. The van der Waals surface area contributed by atoms with Gasteiger partial charge in [-0.25, -0.2) is 4.68 Å². The van der Waals surface area contributed by atoms with Crippen LogP contribution in [-0.4, -0.2) is 52.2 Å². The molecule has 0 bridgehead atoms. The molecule has 1 amide bonds. The summed E-state index contributed by atoms with van der Waals surface area (Å²) in [5.74, 6) is 1.03. The van der Waals surface area contributed by atoms with Crippen molar-refractivity contribution < 1.29 is 4.79 Å². The SMILES string of the molecule is Cc1nn(-c2ccccc2)c(C)c1CN1C[C@H]2CCN(C)C(=O)[C@H]2C1. The number of likely N-dealkylation sites (tertiary alicyclic amines) is 2. The lowest BCUT2D eigenvalue weighted by Crippen LogP contribution is -2.42. The molecular weight excluding hydrogens is 312 g/mol. The molecule has 4 rings (SSSR count). The molecule has 0 spiro atoms. The second kappa shape index (κ2) is 6.30. The van der Waals surface area contributed by atoms with E-state index < -0.39 is 0 Å². The Balaban J connectivity index is 1.54. The Hall–Kier alpha value is -2.14. The van der Waals surface area contributed by atoms with Gasteiger partial charge in [-0.1, -0.05) is 18.2 Å². The van der Waals surface area contributed by atoms with Gasteiger partial charge < -0.3 is 4.90 Å². The molecule has 3 heterocycles. The number of hydrogen-bond donors (Lipinski definition) is 0. The maximum atomic E-state index is 12.4. The van der Waals surface area contributed by atoms with Gasteiger partial charge in [0, 0.05) is 44.5 Å². The number of amides is 1. The third-order valence-corrected chi connectivity index (χ3v) is 5.87. The van der Waals surface area contributed by atoms with Gasteiger partial charge in [0.05, 0.1) is 17.3 Å². The second-order valence-corrected chi connectivity index (χ2v) is 7.51. The highest BCUT2D eigenvalue weighted by Crippen LogP contribution is 2.33. The van der Waals surface area contributed by atoms with Crippen LogP contribution in [0, 0.1) is 25.7 Å². The lowest BCUT2D eigenvalue weighted by atomic mass is 9.88. The van der Waals surface area contributed by atoms with Crippen molar-refractivity contribution in [3.8, 4) is 5.69 Å². The highest BCUT2D eigenvalue weighted by molar-refractivity contribution is 5.80. The lowest BCUT2D eigenvalue weighted by Gasteiger charge is -2.30. The lowest BCUT2D eigenvalue weighted by molar-refractivity contribution is -0.137. The molecule has 5 heteroatoms. The van der Waals surface area contributed by atoms with E-state index in [9.17, 15) is 4.79 Å². The molecule has 5 nitrogen and oxygen atoms in total. The highest BCUT2D eigenvalue weighted by atomic mass is 16.2. The quantitative estimate of drug-likeness (QED) is 0.863. The Morgan fingerprint density at radius 2 is 1.92 bits per heavy atom. The van der Waals surface area contributed by atoms with Gasteiger partial charge in [0.1, 0.15) is 0 Å². The average molecular weight is 338 g/mol. The minimum Gasteiger partial charge on any atom is -0.345 e. The summed E-state index contributed by atoms with van der Waals surface area (Å²) in [5.41, 5.74) is 4.67. The number of benzene rings is 1. The van der Waals surface area contributed by atoms with Crippen LogP contribution >= 0.6 is 0 Å². The molecule has 2 aliphatic rings. The van der Waals surface area contributed by atoms with Gasteiger partial charge in [-0.3, -0.25) is 9.69 Å². The fourth-order valence-electron chi connectivity index (χ4n) is 4.36. The zero-order chi connectivity index (χ0) is 17.6. The standard InChI is InChI=1S/C20H26N4O/c1-14-18(15(2)24(21-14)17-7-5-4-6-8-17)12-23-11-16-9-10-22(3)20(25)19(16)13-23/h4-8,16,19H,9-13H2,1-3H3/t16-,19+/m1/s1. The van der Waals surface area contributed by atoms with E-state index in [0.717, 1.165) is 44.0 Å². The Kier molecular flexibility index (Phi) is 4.12. The first-order valence-corrected chi connectivity index (χ1v) is 9.12.